The zero-order chi connectivity index (χ0) is 22.6. The minimum absolute atomic E-state index is 0.0493. The second-order valence-corrected chi connectivity index (χ2v) is 9.43. The Balaban J connectivity index is 1.76. The van der Waals surface area contributed by atoms with Gasteiger partial charge < -0.3 is 14.8 Å². The summed E-state index contributed by atoms with van der Waals surface area (Å²) in [5.74, 6) is -0.216. The van der Waals surface area contributed by atoms with E-state index in [-0.39, 0.29) is 17.9 Å². The standard InChI is InChI=1S/C25H27NO4S/c1-16-21(17-9-7-6-8-10-17)22(24(28)29-5)23(31-16)26-20(27)15-30-19-13-11-18(12-14-19)25(2,3)4/h6-14H,15H2,1-5H3,(H,26,27). The molecule has 0 aliphatic rings. The van der Waals surface area contributed by atoms with Crippen molar-refractivity contribution in [3.8, 4) is 16.9 Å². The Bertz CT molecular complexity index is 1060. The molecule has 0 aliphatic heterocycles. The van der Waals surface area contributed by atoms with E-state index in [0.717, 1.165) is 16.0 Å². The number of thiophene rings is 1. The maximum atomic E-state index is 12.6. The molecule has 0 fully saturated rings. The van der Waals surface area contributed by atoms with Gasteiger partial charge in [-0.1, -0.05) is 63.2 Å². The van der Waals surface area contributed by atoms with E-state index in [1.54, 1.807) is 0 Å². The summed E-state index contributed by atoms with van der Waals surface area (Å²) >= 11 is 1.35. The lowest BCUT2D eigenvalue weighted by atomic mass is 9.87. The molecule has 1 heterocycles. The van der Waals surface area contributed by atoms with Crippen LogP contribution in [-0.2, 0) is 14.9 Å². The van der Waals surface area contributed by atoms with Crippen molar-refractivity contribution >= 4 is 28.2 Å². The molecule has 2 aromatic carbocycles. The van der Waals surface area contributed by atoms with Gasteiger partial charge >= 0.3 is 5.97 Å². The van der Waals surface area contributed by atoms with Crippen molar-refractivity contribution in [3.63, 3.8) is 0 Å². The maximum Gasteiger partial charge on any atom is 0.341 e. The lowest BCUT2D eigenvalue weighted by molar-refractivity contribution is -0.118. The summed E-state index contributed by atoms with van der Waals surface area (Å²) in [5.41, 5.74) is 3.26. The van der Waals surface area contributed by atoms with Gasteiger partial charge in [-0.2, -0.15) is 0 Å². The lowest BCUT2D eigenvalue weighted by Crippen LogP contribution is -2.21. The zero-order valence-electron chi connectivity index (χ0n) is 18.4. The van der Waals surface area contributed by atoms with Crippen molar-refractivity contribution in [2.24, 2.45) is 0 Å². The Kier molecular flexibility index (Phi) is 6.81. The Hall–Kier alpha value is -3.12. The van der Waals surface area contributed by atoms with E-state index >= 15 is 0 Å². The fourth-order valence-corrected chi connectivity index (χ4v) is 4.33. The number of aryl methyl sites for hydroxylation is 1. The number of benzene rings is 2. The van der Waals surface area contributed by atoms with Crippen molar-refractivity contribution in [2.45, 2.75) is 33.1 Å². The number of carbonyl (C=O) groups excluding carboxylic acids is 2. The zero-order valence-corrected chi connectivity index (χ0v) is 19.3. The summed E-state index contributed by atoms with van der Waals surface area (Å²) in [5, 5.41) is 3.27. The van der Waals surface area contributed by atoms with Gasteiger partial charge in [-0.25, -0.2) is 4.79 Å². The first kappa shape index (κ1) is 22.6. The van der Waals surface area contributed by atoms with Crippen molar-refractivity contribution in [1.82, 2.24) is 0 Å². The second-order valence-electron chi connectivity index (χ2n) is 8.21. The maximum absolute atomic E-state index is 12.6. The summed E-state index contributed by atoms with van der Waals surface area (Å²) in [6.45, 7) is 8.18. The van der Waals surface area contributed by atoms with Crippen molar-refractivity contribution < 1.29 is 19.1 Å². The number of carbonyl (C=O) groups is 2. The molecule has 1 aromatic heterocycles. The average molecular weight is 438 g/mol. The van der Waals surface area contributed by atoms with E-state index in [2.05, 4.69) is 26.1 Å². The quantitative estimate of drug-likeness (QED) is 0.493. The highest BCUT2D eigenvalue weighted by Crippen LogP contribution is 2.40. The number of esters is 1. The molecule has 5 nitrogen and oxygen atoms in total. The normalized spacial score (nSPS) is 11.1. The average Bonchev–Trinajstić information content (AvgIpc) is 3.07. The molecule has 0 atom stereocenters. The second kappa shape index (κ2) is 9.35. The largest absolute Gasteiger partial charge is 0.484 e. The minimum atomic E-state index is -0.489. The Morgan fingerprint density at radius 1 is 1.00 bits per heavy atom. The SMILES string of the molecule is COC(=O)c1c(NC(=O)COc2ccc(C(C)(C)C)cc2)sc(C)c1-c1ccccc1. The molecule has 3 rings (SSSR count). The molecular weight excluding hydrogens is 410 g/mol. The van der Waals surface area contributed by atoms with Crippen LogP contribution in [0, 0.1) is 6.92 Å². The predicted octanol–water partition coefficient (Wildman–Crippen LogP) is 5.83. The molecule has 1 N–H and O–H groups in total. The minimum Gasteiger partial charge on any atom is -0.484 e. The molecular formula is C25H27NO4S. The molecule has 3 aromatic rings. The molecule has 0 spiro atoms. The van der Waals surface area contributed by atoms with Crippen molar-refractivity contribution in [1.29, 1.82) is 0 Å². The van der Waals surface area contributed by atoms with Gasteiger partial charge in [0.2, 0.25) is 0 Å². The highest BCUT2D eigenvalue weighted by molar-refractivity contribution is 7.17. The molecule has 0 aliphatic carbocycles. The third-order valence-electron chi connectivity index (χ3n) is 4.88. The van der Waals surface area contributed by atoms with Gasteiger partial charge in [0.15, 0.2) is 6.61 Å². The number of ether oxygens (including phenoxy) is 2. The van der Waals surface area contributed by atoms with Crippen LogP contribution >= 0.6 is 11.3 Å². The van der Waals surface area contributed by atoms with Crippen molar-refractivity contribution in [3.05, 3.63) is 70.6 Å². The number of nitrogens with one attached hydrogen (secondary N) is 1. The van der Waals surface area contributed by atoms with Crippen LogP contribution in [0.15, 0.2) is 54.6 Å². The first-order valence-corrected chi connectivity index (χ1v) is 10.8. The predicted molar refractivity (Wildman–Crippen MR) is 125 cm³/mol. The van der Waals surface area contributed by atoms with Gasteiger partial charge in [-0.15, -0.1) is 11.3 Å². The molecule has 0 radical (unpaired) electrons. The van der Waals surface area contributed by atoms with E-state index in [1.807, 2.05) is 61.5 Å². The van der Waals surface area contributed by atoms with Gasteiger partial charge in [0.1, 0.15) is 16.3 Å². The summed E-state index contributed by atoms with van der Waals surface area (Å²) in [6.07, 6.45) is 0. The number of methoxy groups -OCH3 is 1. The smallest absolute Gasteiger partial charge is 0.341 e. The van der Waals surface area contributed by atoms with E-state index in [4.69, 9.17) is 9.47 Å². The molecule has 31 heavy (non-hydrogen) atoms. The number of amides is 1. The Morgan fingerprint density at radius 2 is 1.65 bits per heavy atom. The van der Waals surface area contributed by atoms with E-state index in [9.17, 15) is 9.59 Å². The van der Waals surface area contributed by atoms with Crippen LogP contribution < -0.4 is 10.1 Å². The van der Waals surface area contributed by atoms with Gasteiger partial charge in [0.05, 0.1) is 7.11 Å². The van der Waals surface area contributed by atoms with Gasteiger partial charge in [0, 0.05) is 10.4 Å². The Morgan fingerprint density at radius 3 is 2.23 bits per heavy atom. The van der Waals surface area contributed by atoms with Crippen LogP contribution in [0.3, 0.4) is 0 Å². The number of anilines is 1. The molecule has 0 saturated carbocycles. The number of rotatable bonds is 6. The topological polar surface area (TPSA) is 64.6 Å². The van der Waals surface area contributed by atoms with E-state index in [0.29, 0.717) is 16.3 Å². The van der Waals surface area contributed by atoms with Crippen LogP contribution in [0.25, 0.3) is 11.1 Å². The lowest BCUT2D eigenvalue weighted by Gasteiger charge is -2.19. The number of hydrogen-bond donors (Lipinski definition) is 1. The Labute approximate surface area is 187 Å². The van der Waals surface area contributed by atoms with Gasteiger partial charge in [-0.3, -0.25) is 4.79 Å². The summed E-state index contributed by atoms with van der Waals surface area (Å²) in [4.78, 5) is 26.0. The van der Waals surface area contributed by atoms with Crippen LogP contribution in [0.4, 0.5) is 5.00 Å². The van der Waals surface area contributed by atoms with Crippen LogP contribution in [0.1, 0.15) is 41.6 Å². The first-order chi connectivity index (χ1) is 14.7. The third-order valence-corrected chi connectivity index (χ3v) is 5.90. The van der Waals surface area contributed by atoms with Crippen LogP contribution in [0.2, 0.25) is 0 Å². The highest BCUT2D eigenvalue weighted by Gasteiger charge is 2.25. The van der Waals surface area contributed by atoms with Crippen molar-refractivity contribution in [2.75, 3.05) is 19.0 Å². The molecule has 1 amide bonds. The molecule has 0 unspecified atom stereocenters. The summed E-state index contributed by atoms with van der Waals surface area (Å²) in [7, 11) is 1.33. The molecule has 162 valence electrons. The van der Waals surface area contributed by atoms with E-state index in [1.165, 1.54) is 24.0 Å². The first-order valence-electron chi connectivity index (χ1n) is 10.0. The van der Waals surface area contributed by atoms with Crippen LogP contribution in [0.5, 0.6) is 5.75 Å². The summed E-state index contributed by atoms with van der Waals surface area (Å²) in [6, 6.07) is 17.3. The summed E-state index contributed by atoms with van der Waals surface area (Å²) < 4.78 is 10.6. The highest BCUT2D eigenvalue weighted by atomic mass is 32.1. The fraction of sp³-hybridized carbons (Fsp3) is 0.280. The van der Waals surface area contributed by atoms with E-state index < -0.39 is 5.97 Å². The molecule has 6 heteroatoms. The fourth-order valence-electron chi connectivity index (χ4n) is 3.24. The van der Waals surface area contributed by atoms with Gasteiger partial charge in [0.25, 0.3) is 5.91 Å². The third kappa shape index (κ3) is 5.33. The number of hydrogen-bond acceptors (Lipinski definition) is 5. The molecule has 0 saturated heterocycles. The molecule has 0 bridgehead atoms. The van der Waals surface area contributed by atoms with Crippen LogP contribution in [-0.4, -0.2) is 25.6 Å². The van der Waals surface area contributed by atoms with Gasteiger partial charge in [-0.05, 0) is 35.6 Å². The monoisotopic (exact) mass is 437 g/mol.